The summed E-state index contributed by atoms with van der Waals surface area (Å²) in [6.45, 7) is 0. The summed E-state index contributed by atoms with van der Waals surface area (Å²) >= 11 is 0. The Morgan fingerprint density at radius 1 is 0.643 bits per heavy atom. The Morgan fingerprint density at radius 2 is 0.929 bits per heavy atom. The fraction of sp³-hybridized carbons (Fsp3) is 1.00. The molecule has 84 valence electrons. The van der Waals surface area contributed by atoms with Gasteiger partial charge in [-0.05, 0) is 0 Å². The third kappa shape index (κ3) is 1.70. The molecule has 0 aromatic rings. The zero-order chi connectivity index (χ0) is 11.0. The normalized spacial score (nSPS) is 49.7. The highest BCUT2D eigenvalue weighted by Crippen LogP contribution is 2.37. The zero-order valence-electron chi connectivity index (χ0n) is 6.83. The largest absolute Gasteiger partial charge is 0.368 e. The lowest BCUT2D eigenvalue weighted by atomic mass is 9.82. The summed E-state index contributed by atoms with van der Waals surface area (Å²) in [6, 6.07) is 0. The summed E-state index contributed by atoms with van der Waals surface area (Å²) in [4.78, 5) is 0. The van der Waals surface area contributed by atoms with Gasteiger partial charge in [-0.15, -0.1) is 0 Å². The summed E-state index contributed by atoms with van der Waals surface area (Å²) < 4.78 is 63.4. The lowest BCUT2D eigenvalue weighted by Gasteiger charge is -2.36. The van der Waals surface area contributed by atoms with Gasteiger partial charge in [0.15, 0.2) is 24.8 Å². The van der Waals surface area contributed by atoms with Crippen molar-refractivity contribution in [3.63, 3.8) is 0 Å². The van der Waals surface area contributed by atoms with Gasteiger partial charge in [0.05, 0.1) is 5.92 Å². The van der Waals surface area contributed by atoms with E-state index in [4.69, 9.17) is 10.2 Å². The molecule has 0 aliphatic heterocycles. The second kappa shape index (κ2) is 3.98. The molecule has 1 saturated carbocycles. The van der Waals surface area contributed by atoms with Gasteiger partial charge in [-0.2, -0.15) is 0 Å². The van der Waals surface area contributed by atoms with E-state index < -0.39 is 43.1 Å². The van der Waals surface area contributed by atoms with Crippen molar-refractivity contribution < 1.29 is 32.2 Å². The number of rotatable bonds is 1. The first-order valence-corrected chi connectivity index (χ1v) is 3.94. The summed E-state index contributed by atoms with van der Waals surface area (Å²) in [7, 11) is 0. The van der Waals surface area contributed by atoms with Gasteiger partial charge in [-0.25, -0.2) is 22.0 Å². The van der Waals surface area contributed by atoms with Crippen LogP contribution in [0.2, 0.25) is 0 Å². The van der Waals surface area contributed by atoms with E-state index in [2.05, 4.69) is 0 Å². The van der Waals surface area contributed by atoms with Gasteiger partial charge in [0.1, 0.15) is 12.3 Å². The molecule has 0 bridgehead atoms. The van der Waals surface area contributed by atoms with Crippen LogP contribution in [0.1, 0.15) is 0 Å². The second-order valence-electron chi connectivity index (χ2n) is 3.21. The Kier molecular flexibility index (Phi) is 3.31. The monoisotopic (exact) mass is 220 g/mol. The van der Waals surface area contributed by atoms with Crippen LogP contribution in [0.4, 0.5) is 22.0 Å². The van der Waals surface area contributed by atoms with Gasteiger partial charge < -0.3 is 10.2 Å². The zero-order valence-corrected chi connectivity index (χ0v) is 6.83. The predicted octanol–water partition coefficient (Wildman–Crippen LogP) is 0.617. The maximum absolute atomic E-state index is 12.8. The predicted molar refractivity (Wildman–Crippen MR) is 36.2 cm³/mol. The Labute approximate surface area is 76.3 Å². The molecular formula is C7H9F5O2. The van der Waals surface area contributed by atoms with Crippen molar-refractivity contribution >= 4 is 0 Å². The summed E-state index contributed by atoms with van der Waals surface area (Å²) in [5.41, 5.74) is 0. The fourth-order valence-electron chi connectivity index (χ4n) is 1.46. The van der Waals surface area contributed by atoms with E-state index in [-0.39, 0.29) is 0 Å². The maximum atomic E-state index is 12.8. The average molecular weight is 220 g/mol. The number of aliphatic hydroxyl groups is 2. The molecule has 4 unspecified atom stereocenters. The molecule has 0 amide bonds. The highest BCUT2D eigenvalue weighted by Gasteiger charge is 2.55. The van der Waals surface area contributed by atoms with Crippen LogP contribution < -0.4 is 0 Å². The number of hydrogen-bond acceptors (Lipinski definition) is 2. The Hall–Kier alpha value is -0.430. The lowest BCUT2D eigenvalue weighted by molar-refractivity contribution is -0.180. The lowest BCUT2D eigenvalue weighted by Crippen LogP contribution is -2.56. The minimum atomic E-state index is -2.91. The van der Waals surface area contributed by atoms with Crippen LogP contribution in [0.25, 0.3) is 0 Å². The summed E-state index contributed by atoms with van der Waals surface area (Å²) in [5, 5.41) is 16.9. The highest BCUT2D eigenvalue weighted by atomic mass is 19.2. The fourth-order valence-corrected chi connectivity index (χ4v) is 1.46. The van der Waals surface area contributed by atoms with Crippen LogP contribution in [0.15, 0.2) is 0 Å². The van der Waals surface area contributed by atoms with E-state index in [0.29, 0.717) is 0 Å². The first kappa shape index (κ1) is 11.6. The topological polar surface area (TPSA) is 40.5 Å². The number of halogens is 5. The molecule has 1 aliphatic rings. The van der Waals surface area contributed by atoms with Crippen molar-refractivity contribution in [3.05, 3.63) is 0 Å². The highest BCUT2D eigenvalue weighted by molar-refractivity contribution is 5.00. The van der Waals surface area contributed by atoms with E-state index in [1.807, 2.05) is 0 Å². The minimum absolute atomic E-state index is 2.29. The average Bonchev–Trinajstić information content (AvgIpc) is 2.11. The van der Waals surface area contributed by atoms with E-state index in [0.717, 1.165) is 0 Å². The van der Waals surface area contributed by atoms with Crippen LogP contribution in [-0.2, 0) is 0 Å². The van der Waals surface area contributed by atoms with Crippen molar-refractivity contribution in [3.8, 4) is 0 Å². The Bertz CT molecular complexity index is 187. The van der Waals surface area contributed by atoms with E-state index in [1.54, 1.807) is 0 Å². The molecule has 7 heteroatoms. The molecule has 4 atom stereocenters. The molecule has 1 fully saturated rings. The van der Waals surface area contributed by atoms with Gasteiger partial charge in [0, 0.05) is 0 Å². The molecule has 0 saturated heterocycles. The molecule has 2 N–H and O–H groups in total. The van der Waals surface area contributed by atoms with Crippen molar-refractivity contribution in [2.75, 3.05) is 0 Å². The second-order valence-corrected chi connectivity index (χ2v) is 3.21. The van der Waals surface area contributed by atoms with Crippen LogP contribution in [0, 0.1) is 5.92 Å². The van der Waals surface area contributed by atoms with Crippen molar-refractivity contribution in [2.24, 2.45) is 5.92 Å². The van der Waals surface area contributed by atoms with E-state index >= 15 is 0 Å². The van der Waals surface area contributed by atoms with Gasteiger partial charge >= 0.3 is 0 Å². The van der Waals surface area contributed by atoms with Crippen molar-refractivity contribution in [1.82, 2.24) is 0 Å². The molecule has 0 heterocycles. The quantitative estimate of drug-likeness (QED) is 0.502. The van der Waals surface area contributed by atoms with Crippen molar-refractivity contribution in [1.29, 1.82) is 0 Å². The first-order valence-electron chi connectivity index (χ1n) is 3.94. The smallest absolute Gasteiger partial charge is 0.168 e. The molecule has 1 aliphatic carbocycles. The molecular weight excluding hydrogens is 211 g/mol. The molecule has 0 aromatic carbocycles. The molecule has 0 spiro atoms. The van der Waals surface area contributed by atoms with E-state index in [9.17, 15) is 22.0 Å². The van der Waals surface area contributed by atoms with Gasteiger partial charge in [0.2, 0.25) is 0 Å². The maximum Gasteiger partial charge on any atom is 0.168 e. The van der Waals surface area contributed by atoms with Crippen LogP contribution in [0.5, 0.6) is 0 Å². The molecule has 1 rings (SSSR count). The third-order valence-electron chi connectivity index (χ3n) is 2.30. The Balaban J connectivity index is 2.86. The summed E-state index contributed by atoms with van der Waals surface area (Å²) in [6.07, 6.45) is -16.7. The molecule has 0 aromatic heterocycles. The molecule has 2 nitrogen and oxygen atoms in total. The minimum Gasteiger partial charge on any atom is -0.368 e. The van der Waals surface area contributed by atoms with Gasteiger partial charge in [0.25, 0.3) is 0 Å². The Morgan fingerprint density at radius 3 is 1.21 bits per heavy atom. The van der Waals surface area contributed by atoms with E-state index in [1.165, 1.54) is 0 Å². The van der Waals surface area contributed by atoms with Crippen LogP contribution in [-0.4, -0.2) is 47.4 Å². The molecule has 14 heavy (non-hydrogen) atoms. The molecule has 0 radical (unpaired) electrons. The van der Waals surface area contributed by atoms with Crippen LogP contribution >= 0.6 is 0 Å². The standard InChI is InChI=1S/C7H9F5O2/c8-2-1(7(13)14)3(9)5(11)6(12)4(2)10/h1-7,13-14H. The van der Waals surface area contributed by atoms with Gasteiger partial charge in [-0.1, -0.05) is 0 Å². The number of hydrogen-bond donors (Lipinski definition) is 2. The summed E-state index contributed by atoms with van der Waals surface area (Å²) in [5.74, 6) is -2.29. The third-order valence-corrected chi connectivity index (χ3v) is 2.30. The SMILES string of the molecule is OC(O)C1C(F)C(F)C(F)C(F)C1F. The van der Waals surface area contributed by atoms with Crippen molar-refractivity contribution in [2.45, 2.75) is 37.1 Å². The number of alkyl halides is 5. The first-order chi connectivity index (χ1) is 6.37. The van der Waals surface area contributed by atoms with Gasteiger partial charge in [-0.3, -0.25) is 0 Å². The number of aliphatic hydroxyl groups excluding tert-OH is 1. The van der Waals surface area contributed by atoms with Crippen LogP contribution in [0.3, 0.4) is 0 Å².